The van der Waals surface area contributed by atoms with Gasteiger partial charge in [-0.2, -0.15) is 9.97 Å². The van der Waals surface area contributed by atoms with Gasteiger partial charge in [0.1, 0.15) is 5.82 Å². The zero-order valence-corrected chi connectivity index (χ0v) is 14.5. The molecule has 1 aliphatic heterocycles. The van der Waals surface area contributed by atoms with E-state index in [1.54, 1.807) is 0 Å². The lowest BCUT2D eigenvalue weighted by atomic mass is 10.1. The summed E-state index contributed by atoms with van der Waals surface area (Å²) in [6.45, 7) is 6.36. The minimum absolute atomic E-state index is 0.424. The minimum atomic E-state index is 0.424. The maximum Gasteiger partial charge on any atom is 0.226 e. The summed E-state index contributed by atoms with van der Waals surface area (Å²) in [4.78, 5) is 16.3. The Balaban J connectivity index is 1.92. The summed E-state index contributed by atoms with van der Waals surface area (Å²) < 4.78 is 0. The number of pyridine rings is 1. The third kappa shape index (κ3) is 3.52. The van der Waals surface area contributed by atoms with Crippen LogP contribution in [0.5, 0.6) is 0 Å². The van der Waals surface area contributed by atoms with Gasteiger partial charge in [-0.1, -0.05) is 0 Å². The molecule has 2 N–H and O–H groups in total. The zero-order valence-electron chi connectivity index (χ0n) is 14.5. The second-order valence-corrected chi connectivity index (χ2v) is 6.50. The minimum Gasteiger partial charge on any atom is -0.372 e. The van der Waals surface area contributed by atoms with Crippen LogP contribution in [0.2, 0.25) is 0 Å². The quantitative estimate of drug-likeness (QED) is 0.908. The molecule has 1 aliphatic rings. The largest absolute Gasteiger partial charge is 0.372 e. The molecule has 1 atom stereocenters. The third-order valence-corrected chi connectivity index (χ3v) is 4.51. The van der Waals surface area contributed by atoms with Crippen LogP contribution in [-0.4, -0.2) is 53.1 Å². The normalized spacial score (nSPS) is 19.6. The summed E-state index contributed by atoms with van der Waals surface area (Å²) >= 11 is 0. The van der Waals surface area contributed by atoms with Crippen molar-refractivity contribution in [1.82, 2.24) is 19.9 Å². The number of anilines is 2. The lowest BCUT2D eigenvalue weighted by molar-refractivity contribution is 0.348. The number of nitrogens with one attached hydrogen (secondary N) is 2. The molecule has 0 bridgehead atoms. The Labute approximate surface area is 137 Å². The summed E-state index contributed by atoms with van der Waals surface area (Å²) in [5, 5.41) is 7.71. The van der Waals surface area contributed by atoms with Gasteiger partial charge in [-0.25, -0.2) is 4.98 Å². The van der Waals surface area contributed by atoms with Crippen molar-refractivity contribution in [3.05, 3.63) is 17.3 Å². The van der Waals surface area contributed by atoms with E-state index in [0.717, 1.165) is 47.5 Å². The van der Waals surface area contributed by atoms with Crippen LogP contribution in [0.1, 0.15) is 30.5 Å². The van der Waals surface area contributed by atoms with E-state index in [-0.39, 0.29) is 0 Å². The van der Waals surface area contributed by atoms with Gasteiger partial charge in [-0.15, -0.1) is 0 Å². The average Bonchev–Trinajstić information content (AvgIpc) is 2.70. The average molecular weight is 314 g/mol. The zero-order chi connectivity index (χ0) is 16.4. The lowest BCUT2D eigenvalue weighted by Gasteiger charge is -2.18. The predicted molar refractivity (Wildman–Crippen MR) is 95.1 cm³/mol. The Kier molecular flexibility index (Phi) is 4.61. The maximum atomic E-state index is 4.67. The van der Waals surface area contributed by atoms with E-state index >= 15 is 0 Å². The molecule has 0 aliphatic carbocycles. The Morgan fingerprint density at radius 1 is 1.13 bits per heavy atom. The molecular weight excluding hydrogens is 288 g/mol. The van der Waals surface area contributed by atoms with Gasteiger partial charge in [-0.05, 0) is 64.9 Å². The van der Waals surface area contributed by atoms with Crippen LogP contribution < -0.4 is 10.6 Å². The number of aryl methyl sites for hydroxylation is 2. The molecule has 6 heteroatoms. The summed E-state index contributed by atoms with van der Waals surface area (Å²) in [6, 6.07) is 2.49. The van der Waals surface area contributed by atoms with Gasteiger partial charge < -0.3 is 15.5 Å². The molecule has 23 heavy (non-hydrogen) atoms. The number of fused-ring (bicyclic) bond motifs is 1. The van der Waals surface area contributed by atoms with E-state index in [2.05, 4.69) is 50.5 Å². The molecule has 0 aromatic carbocycles. The second kappa shape index (κ2) is 6.66. The summed E-state index contributed by atoms with van der Waals surface area (Å²) in [6.07, 6.45) is 3.48. The van der Waals surface area contributed by atoms with Crippen LogP contribution in [0.25, 0.3) is 11.0 Å². The highest BCUT2D eigenvalue weighted by Crippen LogP contribution is 2.25. The Bertz CT molecular complexity index is 699. The smallest absolute Gasteiger partial charge is 0.226 e. The molecule has 6 nitrogen and oxygen atoms in total. The fraction of sp³-hybridized carbons (Fsp3) is 0.588. The molecule has 3 heterocycles. The molecule has 3 rings (SSSR count). The van der Waals surface area contributed by atoms with E-state index in [9.17, 15) is 0 Å². The van der Waals surface area contributed by atoms with E-state index < -0.39 is 0 Å². The van der Waals surface area contributed by atoms with Gasteiger partial charge in [0.2, 0.25) is 5.95 Å². The SMILES string of the molecule is CNc1nc(NC2CCCN(C)CC2)nc2nc(C)cc(C)c12. The van der Waals surface area contributed by atoms with Crippen LogP contribution in [0, 0.1) is 13.8 Å². The third-order valence-electron chi connectivity index (χ3n) is 4.51. The van der Waals surface area contributed by atoms with Gasteiger partial charge in [-0.3, -0.25) is 0 Å². The lowest BCUT2D eigenvalue weighted by Crippen LogP contribution is -2.24. The second-order valence-electron chi connectivity index (χ2n) is 6.50. The molecule has 0 spiro atoms. The standard InChI is InChI=1S/C17H26N6/c1-11-10-12(2)19-16-14(11)15(18-3)21-17(22-16)20-13-6-5-8-23(4)9-7-13/h10,13H,5-9H2,1-4H3,(H2,18,19,20,21,22). The van der Waals surface area contributed by atoms with Crippen molar-refractivity contribution < 1.29 is 0 Å². The van der Waals surface area contributed by atoms with Gasteiger partial charge in [0.25, 0.3) is 0 Å². The van der Waals surface area contributed by atoms with Crippen molar-refractivity contribution >= 4 is 22.8 Å². The first kappa shape index (κ1) is 15.9. The first-order valence-corrected chi connectivity index (χ1v) is 8.35. The highest BCUT2D eigenvalue weighted by atomic mass is 15.2. The highest BCUT2D eigenvalue weighted by Gasteiger charge is 2.17. The van der Waals surface area contributed by atoms with E-state index in [1.807, 2.05) is 14.0 Å². The number of hydrogen-bond acceptors (Lipinski definition) is 6. The number of rotatable bonds is 3. The van der Waals surface area contributed by atoms with Crippen LogP contribution >= 0.6 is 0 Å². The molecule has 0 radical (unpaired) electrons. The highest BCUT2D eigenvalue weighted by molar-refractivity contribution is 5.90. The van der Waals surface area contributed by atoms with Crippen molar-refractivity contribution in [1.29, 1.82) is 0 Å². The Morgan fingerprint density at radius 2 is 1.96 bits per heavy atom. The van der Waals surface area contributed by atoms with Crippen molar-refractivity contribution in [2.45, 2.75) is 39.2 Å². The molecule has 124 valence electrons. The molecule has 0 amide bonds. The summed E-state index contributed by atoms with van der Waals surface area (Å²) in [5.41, 5.74) is 2.90. The first-order chi connectivity index (χ1) is 11.1. The molecule has 1 unspecified atom stereocenters. The van der Waals surface area contributed by atoms with Gasteiger partial charge in [0.05, 0.1) is 5.39 Å². The van der Waals surface area contributed by atoms with Crippen molar-refractivity contribution in [3.8, 4) is 0 Å². The van der Waals surface area contributed by atoms with Gasteiger partial charge >= 0.3 is 0 Å². The van der Waals surface area contributed by atoms with E-state index in [1.165, 1.54) is 13.0 Å². The fourth-order valence-electron chi connectivity index (χ4n) is 3.29. The molecule has 0 saturated carbocycles. The summed E-state index contributed by atoms with van der Waals surface area (Å²) in [7, 11) is 4.08. The van der Waals surface area contributed by atoms with Crippen molar-refractivity contribution in [3.63, 3.8) is 0 Å². The van der Waals surface area contributed by atoms with Crippen LogP contribution in [0.3, 0.4) is 0 Å². The predicted octanol–water partition coefficient (Wildman–Crippen LogP) is 2.58. The first-order valence-electron chi connectivity index (χ1n) is 8.35. The van der Waals surface area contributed by atoms with Crippen LogP contribution in [-0.2, 0) is 0 Å². The van der Waals surface area contributed by atoms with Crippen LogP contribution in [0.15, 0.2) is 6.07 Å². The fourth-order valence-corrected chi connectivity index (χ4v) is 3.29. The maximum absolute atomic E-state index is 4.67. The molecule has 1 saturated heterocycles. The van der Waals surface area contributed by atoms with Crippen molar-refractivity contribution in [2.24, 2.45) is 0 Å². The van der Waals surface area contributed by atoms with Crippen molar-refractivity contribution in [2.75, 3.05) is 37.8 Å². The van der Waals surface area contributed by atoms with Crippen LogP contribution in [0.4, 0.5) is 11.8 Å². The number of likely N-dealkylation sites (tertiary alicyclic amines) is 1. The van der Waals surface area contributed by atoms with Gasteiger partial charge in [0, 0.05) is 18.8 Å². The number of hydrogen-bond donors (Lipinski definition) is 2. The summed E-state index contributed by atoms with van der Waals surface area (Å²) in [5.74, 6) is 1.52. The van der Waals surface area contributed by atoms with E-state index in [0.29, 0.717) is 12.0 Å². The number of nitrogens with zero attached hydrogens (tertiary/aromatic N) is 4. The molecule has 1 fully saturated rings. The Hall–Kier alpha value is -1.95. The Morgan fingerprint density at radius 3 is 2.74 bits per heavy atom. The van der Waals surface area contributed by atoms with E-state index in [4.69, 9.17) is 0 Å². The molecule has 2 aromatic heterocycles. The monoisotopic (exact) mass is 314 g/mol. The number of aromatic nitrogens is 3. The molecule has 2 aromatic rings. The van der Waals surface area contributed by atoms with Gasteiger partial charge in [0.15, 0.2) is 5.65 Å². The molecular formula is C17H26N6. The topological polar surface area (TPSA) is 66.0 Å².